The zero-order chi connectivity index (χ0) is 14.5. The van der Waals surface area contributed by atoms with Crippen molar-refractivity contribution in [2.75, 3.05) is 6.61 Å². The van der Waals surface area contributed by atoms with Gasteiger partial charge in [0.25, 0.3) is 0 Å². The lowest BCUT2D eigenvalue weighted by molar-refractivity contribution is 0.0394. The summed E-state index contributed by atoms with van der Waals surface area (Å²) in [6.07, 6.45) is 1.58. The van der Waals surface area contributed by atoms with Crippen LogP contribution in [-0.4, -0.2) is 18.5 Å². The van der Waals surface area contributed by atoms with Crippen LogP contribution in [0.1, 0.15) is 57.0 Å². The molecule has 0 saturated heterocycles. The van der Waals surface area contributed by atoms with E-state index in [0.29, 0.717) is 6.61 Å². The molecule has 1 atom stereocenters. The number of hydrogen-bond acceptors (Lipinski definition) is 2. The number of rotatable bonds is 6. The maximum absolute atomic E-state index is 12.2. The second-order valence-corrected chi connectivity index (χ2v) is 6.24. The van der Waals surface area contributed by atoms with Gasteiger partial charge in [0.15, 0.2) is 5.78 Å². The highest BCUT2D eigenvalue weighted by Crippen LogP contribution is 2.19. The second kappa shape index (κ2) is 6.85. The van der Waals surface area contributed by atoms with E-state index in [1.54, 1.807) is 0 Å². The van der Waals surface area contributed by atoms with Crippen molar-refractivity contribution in [3.05, 3.63) is 35.4 Å². The number of benzene rings is 1. The molecule has 0 aliphatic heterocycles. The standard InChI is InChI=1S/C17H26O2/c1-6-14-7-9-15(10-8-14)16(18)13(2)19-12-11-17(3,4)5/h7-10,13H,6,11-12H2,1-5H3. The Kier molecular flexibility index (Phi) is 5.74. The van der Waals surface area contributed by atoms with Gasteiger partial charge in [-0.2, -0.15) is 0 Å². The van der Waals surface area contributed by atoms with Gasteiger partial charge in [-0.25, -0.2) is 0 Å². The van der Waals surface area contributed by atoms with E-state index < -0.39 is 0 Å². The predicted octanol–water partition coefficient (Wildman–Crippen LogP) is 4.27. The van der Waals surface area contributed by atoms with Gasteiger partial charge in [-0.05, 0) is 30.7 Å². The Morgan fingerprint density at radius 1 is 1.21 bits per heavy atom. The van der Waals surface area contributed by atoms with Crippen molar-refractivity contribution in [2.45, 2.75) is 53.6 Å². The minimum atomic E-state index is -0.366. The van der Waals surface area contributed by atoms with Crippen LogP contribution < -0.4 is 0 Å². The summed E-state index contributed by atoms with van der Waals surface area (Å²) in [4.78, 5) is 12.2. The molecule has 0 fully saturated rings. The topological polar surface area (TPSA) is 26.3 Å². The molecule has 106 valence electrons. The fraction of sp³-hybridized carbons (Fsp3) is 0.588. The van der Waals surface area contributed by atoms with Crippen LogP contribution in [0.15, 0.2) is 24.3 Å². The van der Waals surface area contributed by atoms with Crippen molar-refractivity contribution >= 4 is 5.78 Å². The van der Waals surface area contributed by atoms with Crippen LogP contribution in [-0.2, 0) is 11.2 Å². The SMILES string of the molecule is CCc1ccc(C(=O)C(C)OCCC(C)(C)C)cc1. The molecule has 1 aromatic carbocycles. The third kappa shape index (κ3) is 5.56. The van der Waals surface area contributed by atoms with Crippen molar-refractivity contribution in [2.24, 2.45) is 5.41 Å². The number of hydrogen-bond donors (Lipinski definition) is 0. The summed E-state index contributed by atoms with van der Waals surface area (Å²) in [5, 5.41) is 0. The number of carbonyl (C=O) groups excluding carboxylic acids is 1. The third-order valence-corrected chi connectivity index (χ3v) is 3.24. The Bertz CT molecular complexity index is 398. The molecule has 0 aromatic heterocycles. The fourth-order valence-corrected chi connectivity index (χ4v) is 1.76. The van der Waals surface area contributed by atoms with Crippen molar-refractivity contribution in [1.29, 1.82) is 0 Å². The smallest absolute Gasteiger partial charge is 0.191 e. The molecule has 1 aromatic rings. The third-order valence-electron chi connectivity index (χ3n) is 3.24. The lowest BCUT2D eigenvalue weighted by Gasteiger charge is -2.19. The van der Waals surface area contributed by atoms with Crippen LogP contribution in [0.25, 0.3) is 0 Å². The lowest BCUT2D eigenvalue weighted by atomic mass is 9.93. The van der Waals surface area contributed by atoms with Crippen molar-refractivity contribution in [3.8, 4) is 0 Å². The second-order valence-electron chi connectivity index (χ2n) is 6.24. The highest BCUT2D eigenvalue weighted by molar-refractivity contribution is 5.99. The average Bonchev–Trinajstić information content (AvgIpc) is 2.36. The first-order valence-corrected chi connectivity index (χ1v) is 7.08. The molecular formula is C17H26O2. The van der Waals surface area contributed by atoms with E-state index in [1.165, 1.54) is 5.56 Å². The van der Waals surface area contributed by atoms with Gasteiger partial charge in [0.05, 0.1) is 0 Å². The van der Waals surface area contributed by atoms with Gasteiger partial charge >= 0.3 is 0 Å². The zero-order valence-corrected chi connectivity index (χ0v) is 12.8. The number of carbonyl (C=O) groups is 1. The average molecular weight is 262 g/mol. The van der Waals surface area contributed by atoms with E-state index in [2.05, 4.69) is 27.7 Å². The molecule has 0 bridgehead atoms. The number of ketones is 1. The van der Waals surface area contributed by atoms with E-state index in [0.717, 1.165) is 18.4 Å². The van der Waals surface area contributed by atoms with Crippen molar-refractivity contribution in [1.82, 2.24) is 0 Å². The van der Waals surface area contributed by atoms with Gasteiger partial charge in [0.1, 0.15) is 6.10 Å². The summed E-state index contributed by atoms with van der Waals surface area (Å²) in [5.41, 5.74) is 2.23. The Morgan fingerprint density at radius 2 is 1.79 bits per heavy atom. The lowest BCUT2D eigenvalue weighted by Crippen LogP contribution is -2.23. The monoisotopic (exact) mass is 262 g/mol. The Balaban J connectivity index is 2.51. The van der Waals surface area contributed by atoms with Crippen LogP contribution >= 0.6 is 0 Å². The van der Waals surface area contributed by atoms with Gasteiger partial charge in [-0.1, -0.05) is 52.0 Å². The molecule has 2 heteroatoms. The van der Waals surface area contributed by atoms with Crippen LogP contribution in [0.4, 0.5) is 0 Å². The zero-order valence-electron chi connectivity index (χ0n) is 12.8. The normalized spacial score (nSPS) is 13.3. The van der Waals surface area contributed by atoms with Crippen LogP contribution in [0.5, 0.6) is 0 Å². The first-order chi connectivity index (χ1) is 8.83. The van der Waals surface area contributed by atoms with Gasteiger partial charge in [-0.3, -0.25) is 4.79 Å². The molecule has 19 heavy (non-hydrogen) atoms. The summed E-state index contributed by atoms with van der Waals surface area (Å²) in [7, 11) is 0. The maximum Gasteiger partial charge on any atom is 0.191 e. The first kappa shape index (κ1) is 15.9. The summed E-state index contributed by atoms with van der Waals surface area (Å²) >= 11 is 0. The summed E-state index contributed by atoms with van der Waals surface area (Å²) < 4.78 is 5.64. The minimum absolute atomic E-state index is 0.0663. The molecule has 1 unspecified atom stereocenters. The summed E-state index contributed by atoms with van der Waals surface area (Å²) in [6, 6.07) is 7.81. The number of ether oxygens (including phenoxy) is 1. The quantitative estimate of drug-likeness (QED) is 0.715. The molecule has 0 saturated carbocycles. The van der Waals surface area contributed by atoms with Crippen LogP contribution in [0, 0.1) is 5.41 Å². The highest BCUT2D eigenvalue weighted by atomic mass is 16.5. The van der Waals surface area contributed by atoms with E-state index in [4.69, 9.17) is 4.74 Å². The van der Waals surface area contributed by atoms with Crippen LogP contribution in [0.2, 0.25) is 0 Å². The van der Waals surface area contributed by atoms with E-state index in [9.17, 15) is 4.79 Å². The minimum Gasteiger partial charge on any atom is -0.370 e. The molecule has 0 aliphatic rings. The summed E-state index contributed by atoms with van der Waals surface area (Å²) in [5.74, 6) is 0.0663. The largest absolute Gasteiger partial charge is 0.370 e. The van der Waals surface area contributed by atoms with Gasteiger partial charge < -0.3 is 4.74 Å². The Hall–Kier alpha value is -1.15. The molecule has 0 N–H and O–H groups in total. The molecule has 1 rings (SSSR count). The Morgan fingerprint density at radius 3 is 2.26 bits per heavy atom. The molecule has 0 spiro atoms. The van der Waals surface area contributed by atoms with E-state index in [-0.39, 0.29) is 17.3 Å². The Labute approximate surface area is 117 Å². The molecule has 0 radical (unpaired) electrons. The van der Waals surface area contributed by atoms with E-state index >= 15 is 0 Å². The van der Waals surface area contributed by atoms with Crippen molar-refractivity contribution < 1.29 is 9.53 Å². The fourth-order valence-electron chi connectivity index (χ4n) is 1.76. The molecule has 0 heterocycles. The van der Waals surface area contributed by atoms with E-state index in [1.807, 2.05) is 31.2 Å². The number of aryl methyl sites for hydroxylation is 1. The maximum atomic E-state index is 12.2. The van der Waals surface area contributed by atoms with Gasteiger partial charge in [-0.15, -0.1) is 0 Å². The highest BCUT2D eigenvalue weighted by Gasteiger charge is 2.17. The predicted molar refractivity (Wildman–Crippen MR) is 79.6 cm³/mol. The van der Waals surface area contributed by atoms with Gasteiger partial charge in [0, 0.05) is 12.2 Å². The van der Waals surface area contributed by atoms with Crippen LogP contribution in [0.3, 0.4) is 0 Å². The molecule has 0 amide bonds. The molecule has 0 aliphatic carbocycles. The summed E-state index contributed by atoms with van der Waals surface area (Å²) in [6.45, 7) is 11.1. The van der Waals surface area contributed by atoms with Crippen molar-refractivity contribution in [3.63, 3.8) is 0 Å². The molecular weight excluding hydrogens is 236 g/mol. The first-order valence-electron chi connectivity index (χ1n) is 7.08. The molecule has 2 nitrogen and oxygen atoms in total. The number of Topliss-reactive ketones (excluding diaryl/α,β-unsaturated/α-hetero) is 1. The van der Waals surface area contributed by atoms with Gasteiger partial charge in [0.2, 0.25) is 0 Å².